The van der Waals surface area contributed by atoms with Crippen LogP contribution in [0.3, 0.4) is 0 Å². The van der Waals surface area contributed by atoms with E-state index in [-0.39, 0.29) is 5.76 Å². The standard InChI is InChI=1S/C14H14O4/c1-2-17-14(15)13-10-16-9-12(18-13)8-11-6-4-3-5-7-11/h3-7,9-10H,2,8H2,1H3. The number of rotatable bonds is 4. The van der Waals surface area contributed by atoms with Crippen LogP contribution in [0.4, 0.5) is 0 Å². The van der Waals surface area contributed by atoms with Crippen molar-refractivity contribution in [3.8, 4) is 0 Å². The normalized spacial score (nSPS) is 13.8. The minimum absolute atomic E-state index is 0.0743. The fraction of sp³-hybridized carbons (Fsp3) is 0.214. The summed E-state index contributed by atoms with van der Waals surface area (Å²) in [5, 5.41) is 0. The van der Waals surface area contributed by atoms with E-state index in [0.717, 1.165) is 5.56 Å². The van der Waals surface area contributed by atoms with Crippen molar-refractivity contribution in [1.82, 2.24) is 0 Å². The molecule has 0 saturated carbocycles. The molecule has 0 bridgehead atoms. The molecule has 4 heteroatoms. The van der Waals surface area contributed by atoms with Crippen LogP contribution in [0.1, 0.15) is 12.5 Å². The van der Waals surface area contributed by atoms with Crippen molar-refractivity contribution in [1.29, 1.82) is 0 Å². The highest BCUT2D eigenvalue weighted by atomic mass is 16.6. The van der Waals surface area contributed by atoms with Gasteiger partial charge in [0.2, 0.25) is 5.76 Å². The van der Waals surface area contributed by atoms with Crippen LogP contribution in [0.25, 0.3) is 0 Å². The Morgan fingerprint density at radius 1 is 1.22 bits per heavy atom. The van der Waals surface area contributed by atoms with Crippen LogP contribution >= 0.6 is 0 Å². The van der Waals surface area contributed by atoms with Crippen LogP contribution in [0, 0.1) is 0 Å². The number of hydrogen-bond donors (Lipinski definition) is 0. The third kappa shape index (κ3) is 3.13. The summed E-state index contributed by atoms with van der Waals surface area (Å²) in [6, 6.07) is 9.79. The molecule has 1 aromatic carbocycles. The first-order valence-electron chi connectivity index (χ1n) is 5.73. The summed E-state index contributed by atoms with van der Waals surface area (Å²) >= 11 is 0. The second-order valence-corrected chi connectivity index (χ2v) is 3.69. The van der Waals surface area contributed by atoms with Gasteiger partial charge in [-0.1, -0.05) is 30.3 Å². The van der Waals surface area contributed by atoms with E-state index in [2.05, 4.69) is 0 Å². The van der Waals surface area contributed by atoms with Gasteiger partial charge < -0.3 is 14.2 Å². The smallest absolute Gasteiger partial charge is 0.377 e. The zero-order valence-corrected chi connectivity index (χ0v) is 10.1. The van der Waals surface area contributed by atoms with Gasteiger partial charge in [-0.25, -0.2) is 4.79 Å². The van der Waals surface area contributed by atoms with E-state index in [1.54, 1.807) is 6.92 Å². The van der Waals surface area contributed by atoms with Crippen molar-refractivity contribution in [2.75, 3.05) is 6.61 Å². The highest BCUT2D eigenvalue weighted by Crippen LogP contribution is 2.18. The average molecular weight is 246 g/mol. The first-order valence-corrected chi connectivity index (χ1v) is 5.73. The number of carbonyl (C=O) groups is 1. The Hall–Kier alpha value is -2.23. The highest BCUT2D eigenvalue weighted by molar-refractivity contribution is 5.86. The molecule has 18 heavy (non-hydrogen) atoms. The molecule has 0 N–H and O–H groups in total. The maximum atomic E-state index is 11.5. The first kappa shape index (κ1) is 12.2. The van der Waals surface area contributed by atoms with Gasteiger partial charge in [-0.15, -0.1) is 0 Å². The number of esters is 1. The van der Waals surface area contributed by atoms with Gasteiger partial charge in [0.05, 0.1) is 6.61 Å². The maximum Gasteiger partial charge on any atom is 0.377 e. The average Bonchev–Trinajstić information content (AvgIpc) is 2.40. The molecule has 0 saturated heterocycles. The molecule has 0 radical (unpaired) electrons. The van der Waals surface area contributed by atoms with Crippen LogP contribution in [-0.2, 0) is 25.4 Å². The molecule has 4 nitrogen and oxygen atoms in total. The molecule has 0 amide bonds. The lowest BCUT2D eigenvalue weighted by Crippen LogP contribution is -2.13. The minimum atomic E-state index is -0.517. The van der Waals surface area contributed by atoms with Gasteiger partial charge in [-0.05, 0) is 12.5 Å². The summed E-state index contributed by atoms with van der Waals surface area (Å²) in [6.07, 6.45) is 3.29. The Bertz CT molecular complexity index is 474. The quantitative estimate of drug-likeness (QED) is 0.766. The third-order valence-electron chi connectivity index (χ3n) is 2.31. The van der Waals surface area contributed by atoms with Crippen LogP contribution in [0.15, 0.2) is 54.4 Å². The highest BCUT2D eigenvalue weighted by Gasteiger charge is 2.18. The summed E-state index contributed by atoms with van der Waals surface area (Å²) in [7, 11) is 0. The molecule has 94 valence electrons. The van der Waals surface area contributed by atoms with Crippen molar-refractivity contribution in [3.05, 3.63) is 59.9 Å². The zero-order chi connectivity index (χ0) is 12.8. The summed E-state index contributed by atoms with van der Waals surface area (Å²) in [6.45, 7) is 2.04. The van der Waals surface area contributed by atoms with E-state index in [9.17, 15) is 4.79 Å². The molecule has 2 rings (SSSR count). The van der Waals surface area contributed by atoms with Gasteiger partial charge in [0.1, 0.15) is 18.3 Å². The van der Waals surface area contributed by atoms with Crippen molar-refractivity contribution in [2.24, 2.45) is 0 Å². The van der Waals surface area contributed by atoms with Crippen LogP contribution in [0.5, 0.6) is 0 Å². The van der Waals surface area contributed by atoms with Crippen molar-refractivity contribution >= 4 is 5.97 Å². The first-order chi connectivity index (χ1) is 8.79. The molecule has 0 unspecified atom stereocenters. The van der Waals surface area contributed by atoms with E-state index < -0.39 is 5.97 Å². The summed E-state index contributed by atoms with van der Waals surface area (Å²) in [5.41, 5.74) is 1.08. The SMILES string of the molecule is CCOC(=O)C1=COC=C(Cc2ccccc2)O1. The Balaban J connectivity index is 1.97. The fourth-order valence-electron chi connectivity index (χ4n) is 1.53. The lowest BCUT2D eigenvalue weighted by atomic mass is 10.1. The topological polar surface area (TPSA) is 44.8 Å². The number of carbonyl (C=O) groups excluding carboxylic acids is 1. The third-order valence-corrected chi connectivity index (χ3v) is 2.31. The number of allylic oxidation sites excluding steroid dienone is 1. The molecule has 0 fully saturated rings. The summed E-state index contributed by atoms with van der Waals surface area (Å²) < 4.78 is 15.4. The fourth-order valence-corrected chi connectivity index (χ4v) is 1.53. The molecular formula is C14H14O4. The van der Waals surface area contributed by atoms with Gasteiger partial charge in [-0.2, -0.15) is 0 Å². The van der Waals surface area contributed by atoms with Crippen LogP contribution in [-0.4, -0.2) is 12.6 Å². The summed E-state index contributed by atoms with van der Waals surface area (Å²) in [4.78, 5) is 11.5. The Kier molecular flexibility index (Phi) is 4.02. The maximum absolute atomic E-state index is 11.5. The second-order valence-electron chi connectivity index (χ2n) is 3.69. The van der Waals surface area contributed by atoms with Crippen LogP contribution < -0.4 is 0 Å². The summed E-state index contributed by atoms with van der Waals surface area (Å²) in [5.74, 6) is 0.133. The molecular weight excluding hydrogens is 232 g/mol. The lowest BCUT2D eigenvalue weighted by molar-refractivity contribution is -0.142. The minimum Gasteiger partial charge on any atom is -0.465 e. The van der Waals surface area contributed by atoms with Crippen LogP contribution in [0.2, 0.25) is 0 Å². The predicted molar refractivity (Wildman–Crippen MR) is 65.1 cm³/mol. The predicted octanol–water partition coefficient (Wildman–Crippen LogP) is 2.52. The van der Waals surface area contributed by atoms with Gasteiger partial charge in [0.25, 0.3) is 0 Å². The number of hydrogen-bond acceptors (Lipinski definition) is 4. The van der Waals surface area contributed by atoms with E-state index in [1.807, 2.05) is 30.3 Å². The van der Waals surface area contributed by atoms with E-state index in [0.29, 0.717) is 18.8 Å². The number of benzene rings is 1. The monoisotopic (exact) mass is 246 g/mol. The Labute approximate surface area is 105 Å². The zero-order valence-electron chi connectivity index (χ0n) is 10.1. The van der Waals surface area contributed by atoms with Gasteiger partial charge in [-0.3, -0.25) is 0 Å². The molecule has 1 aliphatic rings. The van der Waals surface area contributed by atoms with Crippen molar-refractivity contribution in [3.63, 3.8) is 0 Å². The van der Waals surface area contributed by atoms with E-state index in [1.165, 1.54) is 12.5 Å². The Morgan fingerprint density at radius 3 is 2.72 bits per heavy atom. The second kappa shape index (κ2) is 5.91. The van der Waals surface area contributed by atoms with Gasteiger partial charge in [0.15, 0.2) is 0 Å². The van der Waals surface area contributed by atoms with Gasteiger partial charge >= 0.3 is 5.97 Å². The lowest BCUT2D eigenvalue weighted by Gasteiger charge is -2.15. The molecule has 0 aliphatic carbocycles. The van der Waals surface area contributed by atoms with Gasteiger partial charge in [0, 0.05) is 6.42 Å². The van der Waals surface area contributed by atoms with E-state index in [4.69, 9.17) is 14.2 Å². The molecule has 0 atom stereocenters. The molecule has 0 spiro atoms. The largest absolute Gasteiger partial charge is 0.465 e. The molecule has 0 aromatic heterocycles. The number of ether oxygens (including phenoxy) is 3. The Morgan fingerprint density at radius 2 is 2.00 bits per heavy atom. The van der Waals surface area contributed by atoms with Crippen molar-refractivity contribution in [2.45, 2.75) is 13.3 Å². The molecule has 1 aliphatic heterocycles. The van der Waals surface area contributed by atoms with Crippen molar-refractivity contribution < 1.29 is 19.0 Å². The molecule has 1 aromatic rings. The van der Waals surface area contributed by atoms with E-state index >= 15 is 0 Å². The molecule has 1 heterocycles.